The molecule has 1 aliphatic heterocycles. The Morgan fingerprint density at radius 2 is 1.90 bits per heavy atom. The lowest BCUT2D eigenvalue weighted by Gasteiger charge is -2.37. The maximum atomic E-state index is 6.13. The van der Waals surface area contributed by atoms with E-state index in [9.17, 15) is 0 Å². The molecule has 3 atom stereocenters. The summed E-state index contributed by atoms with van der Waals surface area (Å²) in [5.74, 6) is 2.76. The summed E-state index contributed by atoms with van der Waals surface area (Å²) >= 11 is 6.13. The highest BCUT2D eigenvalue weighted by Crippen LogP contribution is 2.39. The van der Waals surface area contributed by atoms with Crippen LogP contribution in [0.1, 0.15) is 24.3 Å². The fourth-order valence-electron chi connectivity index (χ4n) is 4.56. The Hall–Kier alpha value is -2.81. The van der Waals surface area contributed by atoms with Crippen molar-refractivity contribution >= 4 is 23.6 Å². The van der Waals surface area contributed by atoms with Crippen LogP contribution < -0.4 is 15.0 Å². The molecule has 2 aliphatic rings. The minimum Gasteiger partial charge on any atom is -0.424 e. The smallest absolute Gasteiger partial charge is 0.321 e. The number of fused-ring (bicyclic) bond motifs is 2. The number of nitrogens with zero attached hydrogens (tertiary/aromatic N) is 6. The van der Waals surface area contributed by atoms with E-state index in [1.165, 1.54) is 0 Å². The summed E-state index contributed by atoms with van der Waals surface area (Å²) in [6.07, 6.45) is 2.31. The van der Waals surface area contributed by atoms with E-state index in [-0.39, 0.29) is 0 Å². The quantitative estimate of drug-likeness (QED) is 0.657. The van der Waals surface area contributed by atoms with E-state index in [0.717, 1.165) is 31.5 Å². The van der Waals surface area contributed by atoms with Gasteiger partial charge in [0.15, 0.2) is 0 Å². The zero-order valence-corrected chi connectivity index (χ0v) is 17.9. The third-order valence-corrected chi connectivity index (χ3v) is 6.08. The maximum absolute atomic E-state index is 6.13. The molecule has 1 aromatic carbocycles. The van der Waals surface area contributed by atoms with Gasteiger partial charge in [0, 0.05) is 38.1 Å². The molecule has 3 heterocycles. The highest BCUT2D eigenvalue weighted by Gasteiger charge is 2.43. The van der Waals surface area contributed by atoms with Gasteiger partial charge in [-0.3, -0.25) is 0 Å². The molecule has 158 valence electrons. The summed E-state index contributed by atoms with van der Waals surface area (Å²) < 4.78 is 13.2. The molecule has 2 bridgehead atoms. The van der Waals surface area contributed by atoms with E-state index in [0.29, 0.717) is 52.5 Å². The molecule has 1 aliphatic carbocycles. The fourth-order valence-corrected chi connectivity index (χ4v) is 4.84. The van der Waals surface area contributed by atoms with Gasteiger partial charge in [0.05, 0.1) is 0 Å². The first-order valence-electron chi connectivity index (χ1n) is 10.1. The minimum atomic E-state index is 0.314. The molecular weight excluding hydrogens is 406 g/mol. The highest BCUT2D eigenvalue weighted by molar-refractivity contribution is 6.30. The van der Waals surface area contributed by atoms with Crippen molar-refractivity contribution in [3.8, 4) is 11.8 Å². The summed E-state index contributed by atoms with van der Waals surface area (Å²) in [5.41, 5.74) is 1.03. The van der Waals surface area contributed by atoms with Gasteiger partial charge in [-0.05, 0) is 55.4 Å². The SMILES string of the molecule is Cc1cc(Cl)cc(Oc2nc(N[C@@H]3[C@@H]4CC[C@H]3CN(c3nnc(C)o3)C4)nn2C)c1. The molecular formula is C20H24ClN7O2. The van der Waals surface area contributed by atoms with Crippen molar-refractivity contribution in [2.75, 3.05) is 23.3 Å². The number of aryl methyl sites for hydroxylation is 3. The number of aromatic nitrogens is 5. The van der Waals surface area contributed by atoms with E-state index >= 15 is 0 Å². The number of halogens is 1. The second-order valence-electron chi connectivity index (χ2n) is 8.18. The van der Waals surface area contributed by atoms with Crippen LogP contribution in [-0.4, -0.2) is 44.1 Å². The van der Waals surface area contributed by atoms with Crippen molar-refractivity contribution in [1.29, 1.82) is 0 Å². The number of piperidine rings is 1. The van der Waals surface area contributed by atoms with Crippen molar-refractivity contribution in [3.63, 3.8) is 0 Å². The van der Waals surface area contributed by atoms with Gasteiger partial charge in [0.1, 0.15) is 5.75 Å². The van der Waals surface area contributed by atoms with Gasteiger partial charge in [-0.2, -0.15) is 4.98 Å². The van der Waals surface area contributed by atoms with Gasteiger partial charge < -0.3 is 19.4 Å². The van der Waals surface area contributed by atoms with E-state index in [2.05, 4.69) is 30.5 Å². The lowest BCUT2D eigenvalue weighted by Crippen LogP contribution is -2.48. The van der Waals surface area contributed by atoms with E-state index in [4.69, 9.17) is 20.8 Å². The maximum Gasteiger partial charge on any atom is 0.321 e. The summed E-state index contributed by atoms with van der Waals surface area (Å²) in [7, 11) is 1.82. The van der Waals surface area contributed by atoms with Crippen molar-refractivity contribution in [2.45, 2.75) is 32.7 Å². The van der Waals surface area contributed by atoms with Crippen molar-refractivity contribution in [2.24, 2.45) is 18.9 Å². The molecule has 10 heteroatoms. The van der Waals surface area contributed by atoms with Gasteiger partial charge in [0.25, 0.3) is 0 Å². The Morgan fingerprint density at radius 1 is 1.13 bits per heavy atom. The Balaban J connectivity index is 1.28. The fraction of sp³-hybridized carbons (Fsp3) is 0.500. The molecule has 0 spiro atoms. The van der Waals surface area contributed by atoms with Crippen LogP contribution in [-0.2, 0) is 7.05 Å². The molecule has 9 nitrogen and oxygen atoms in total. The first-order chi connectivity index (χ1) is 14.4. The van der Waals surface area contributed by atoms with Gasteiger partial charge in [-0.1, -0.05) is 16.7 Å². The zero-order valence-electron chi connectivity index (χ0n) is 17.2. The normalized spacial score (nSPS) is 23.1. The summed E-state index contributed by atoms with van der Waals surface area (Å²) in [4.78, 5) is 6.75. The van der Waals surface area contributed by atoms with Crippen LogP contribution in [0.4, 0.5) is 12.0 Å². The third-order valence-electron chi connectivity index (χ3n) is 5.86. The van der Waals surface area contributed by atoms with Crippen LogP contribution in [0.5, 0.6) is 11.8 Å². The van der Waals surface area contributed by atoms with Gasteiger partial charge in [-0.15, -0.1) is 10.2 Å². The molecule has 5 rings (SSSR count). The summed E-state index contributed by atoms with van der Waals surface area (Å²) in [6.45, 7) is 5.55. The topological polar surface area (TPSA) is 94.1 Å². The predicted octanol–water partition coefficient (Wildman–Crippen LogP) is 3.59. The van der Waals surface area contributed by atoms with Crippen molar-refractivity contribution in [1.82, 2.24) is 25.0 Å². The van der Waals surface area contributed by atoms with Crippen LogP contribution in [0.2, 0.25) is 5.02 Å². The van der Waals surface area contributed by atoms with Crippen molar-refractivity contribution < 1.29 is 9.15 Å². The summed E-state index contributed by atoms with van der Waals surface area (Å²) in [6, 6.07) is 6.93. The van der Waals surface area contributed by atoms with Gasteiger partial charge in [-0.25, -0.2) is 4.68 Å². The molecule has 1 saturated carbocycles. The number of rotatable bonds is 5. The lowest BCUT2D eigenvalue weighted by atomic mass is 9.92. The van der Waals surface area contributed by atoms with Crippen LogP contribution >= 0.6 is 11.6 Å². The Kier molecular flexibility index (Phi) is 4.77. The molecule has 0 unspecified atom stereocenters. The van der Waals surface area contributed by atoms with Gasteiger partial charge >= 0.3 is 12.0 Å². The minimum absolute atomic E-state index is 0.314. The Morgan fingerprint density at radius 3 is 2.57 bits per heavy atom. The average molecular weight is 430 g/mol. The van der Waals surface area contributed by atoms with E-state index in [1.54, 1.807) is 10.7 Å². The number of benzene rings is 1. The second-order valence-corrected chi connectivity index (χ2v) is 8.62. The lowest BCUT2D eigenvalue weighted by molar-refractivity contribution is 0.357. The largest absolute Gasteiger partial charge is 0.424 e. The van der Waals surface area contributed by atoms with E-state index < -0.39 is 0 Å². The molecule has 1 saturated heterocycles. The van der Waals surface area contributed by atoms with E-state index in [1.807, 2.05) is 33.0 Å². The monoisotopic (exact) mass is 429 g/mol. The first kappa shape index (κ1) is 19.2. The molecule has 0 radical (unpaired) electrons. The second kappa shape index (κ2) is 7.46. The van der Waals surface area contributed by atoms with Crippen LogP contribution in [0.15, 0.2) is 22.6 Å². The Labute approximate surface area is 179 Å². The molecule has 3 aromatic rings. The molecule has 2 aromatic heterocycles. The molecule has 0 amide bonds. The predicted molar refractivity (Wildman–Crippen MR) is 112 cm³/mol. The number of hydrogen-bond donors (Lipinski definition) is 1. The highest BCUT2D eigenvalue weighted by atomic mass is 35.5. The molecule has 1 N–H and O–H groups in total. The van der Waals surface area contributed by atoms with Crippen LogP contribution in [0.25, 0.3) is 0 Å². The number of nitrogens with one attached hydrogen (secondary N) is 1. The molecule has 30 heavy (non-hydrogen) atoms. The first-order valence-corrected chi connectivity index (χ1v) is 10.5. The molecule has 2 fully saturated rings. The summed E-state index contributed by atoms with van der Waals surface area (Å²) in [5, 5.41) is 16.8. The Bertz CT molecular complexity index is 1030. The van der Waals surface area contributed by atoms with Gasteiger partial charge in [0.2, 0.25) is 11.8 Å². The van der Waals surface area contributed by atoms with Crippen LogP contribution in [0.3, 0.4) is 0 Å². The number of hydrogen-bond acceptors (Lipinski definition) is 8. The third kappa shape index (κ3) is 3.69. The standard InChI is InChI=1S/C20H24ClN7O2/c1-11-6-15(21)8-16(7-11)30-19-23-18(26-27(19)3)22-17-13-4-5-14(17)10-28(9-13)20-25-24-12(2)29-20/h6-8,13-14,17H,4-5,9-10H2,1-3H3,(H,22,26)/t13-,14+,17-. The zero-order chi connectivity index (χ0) is 20.8. The van der Waals surface area contributed by atoms with Crippen LogP contribution in [0, 0.1) is 25.7 Å². The number of ether oxygens (including phenoxy) is 1. The van der Waals surface area contributed by atoms with Crippen molar-refractivity contribution in [3.05, 3.63) is 34.7 Å². The average Bonchev–Trinajstić information content (AvgIpc) is 3.31. The number of anilines is 2.